The Hall–Kier alpha value is -2.97. The average Bonchev–Trinajstić information content (AvgIpc) is 3.32. The molecule has 2 aromatic heterocycles. The monoisotopic (exact) mass is 409 g/mol. The van der Waals surface area contributed by atoms with Gasteiger partial charge in [0.2, 0.25) is 5.95 Å². The molecule has 30 heavy (non-hydrogen) atoms. The standard InChI is InChI=1S/C22H27N5O3/c1-27-20-4-3-16(12-18(20)26-22(27)24-9-10-29-2)21(28)25-19-14-30-13-17(19)11-15-5-7-23-8-6-15/h3-8,12,17,19H,9-11,13-14H2,1-2H3,(H,24,26)(H,25,28)/t17-,19-/m1/s1. The largest absolute Gasteiger partial charge is 0.383 e. The van der Waals surface area contributed by atoms with E-state index in [1.54, 1.807) is 19.5 Å². The van der Waals surface area contributed by atoms with Crippen LogP contribution >= 0.6 is 0 Å². The Morgan fingerprint density at radius 1 is 1.27 bits per heavy atom. The molecular formula is C22H27N5O3. The number of carbonyl (C=O) groups excluding carboxylic acids is 1. The Kier molecular flexibility index (Phi) is 6.25. The van der Waals surface area contributed by atoms with Crippen molar-refractivity contribution in [2.24, 2.45) is 13.0 Å². The van der Waals surface area contributed by atoms with Crippen molar-refractivity contribution in [1.82, 2.24) is 19.9 Å². The zero-order valence-corrected chi connectivity index (χ0v) is 17.3. The van der Waals surface area contributed by atoms with Crippen molar-refractivity contribution in [2.75, 3.05) is 38.8 Å². The number of methoxy groups -OCH3 is 1. The highest BCUT2D eigenvalue weighted by Gasteiger charge is 2.30. The summed E-state index contributed by atoms with van der Waals surface area (Å²) in [6.45, 7) is 2.44. The molecule has 3 heterocycles. The van der Waals surface area contributed by atoms with Crippen molar-refractivity contribution in [1.29, 1.82) is 0 Å². The lowest BCUT2D eigenvalue weighted by Gasteiger charge is -2.19. The lowest BCUT2D eigenvalue weighted by Crippen LogP contribution is -2.40. The van der Waals surface area contributed by atoms with Crippen LogP contribution in [0.3, 0.4) is 0 Å². The Bertz CT molecular complexity index is 1000. The van der Waals surface area contributed by atoms with E-state index in [0.717, 1.165) is 23.4 Å². The second-order valence-corrected chi connectivity index (χ2v) is 7.55. The molecule has 1 fully saturated rings. The summed E-state index contributed by atoms with van der Waals surface area (Å²) < 4.78 is 12.7. The number of pyridine rings is 1. The van der Waals surface area contributed by atoms with Gasteiger partial charge in [-0.3, -0.25) is 9.78 Å². The lowest BCUT2D eigenvalue weighted by molar-refractivity contribution is 0.0925. The third-order valence-electron chi connectivity index (χ3n) is 5.49. The Balaban J connectivity index is 1.44. The van der Waals surface area contributed by atoms with E-state index < -0.39 is 0 Å². The van der Waals surface area contributed by atoms with E-state index in [4.69, 9.17) is 9.47 Å². The van der Waals surface area contributed by atoms with Gasteiger partial charge < -0.3 is 24.7 Å². The molecule has 2 atom stereocenters. The number of hydrogen-bond acceptors (Lipinski definition) is 6. The van der Waals surface area contributed by atoms with Gasteiger partial charge in [0.25, 0.3) is 5.91 Å². The molecule has 1 aromatic carbocycles. The summed E-state index contributed by atoms with van der Waals surface area (Å²) in [5.74, 6) is 0.888. The molecule has 1 aliphatic heterocycles. The third-order valence-corrected chi connectivity index (χ3v) is 5.49. The fourth-order valence-electron chi connectivity index (χ4n) is 3.80. The second kappa shape index (κ2) is 9.23. The fourth-order valence-corrected chi connectivity index (χ4v) is 3.80. The van der Waals surface area contributed by atoms with Crippen LogP contribution in [0.1, 0.15) is 15.9 Å². The molecule has 0 saturated carbocycles. The summed E-state index contributed by atoms with van der Waals surface area (Å²) in [4.78, 5) is 21.6. The highest BCUT2D eigenvalue weighted by Crippen LogP contribution is 2.22. The van der Waals surface area contributed by atoms with Gasteiger partial charge in [-0.25, -0.2) is 4.98 Å². The van der Waals surface area contributed by atoms with Crippen LogP contribution < -0.4 is 10.6 Å². The van der Waals surface area contributed by atoms with E-state index in [1.165, 1.54) is 5.56 Å². The molecule has 1 saturated heterocycles. The number of benzene rings is 1. The van der Waals surface area contributed by atoms with Gasteiger partial charge in [-0.15, -0.1) is 0 Å². The number of anilines is 1. The number of nitrogens with zero attached hydrogens (tertiary/aromatic N) is 3. The molecule has 2 N–H and O–H groups in total. The fraction of sp³-hybridized carbons (Fsp3) is 0.409. The van der Waals surface area contributed by atoms with E-state index in [-0.39, 0.29) is 17.9 Å². The first-order valence-corrected chi connectivity index (χ1v) is 10.1. The summed E-state index contributed by atoms with van der Waals surface area (Å²) in [5.41, 5.74) is 3.54. The predicted molar refractivity (Wildman–Crippen MR) is 115 cm³/mol. The van der Waals surface area contributed by atoms with E-state index in [0.29, 0.717) is 31.9 Å². The quantitative estimate of drug-likeness (QED) is 0.553. The van der Waals surface area contributed by atoms with E-state index >= 15 is 0 Å². The van der Waals surface area contributed by atoms with Gasteiger partial charge in [-0.1, -0.05) is 0 Å². The number of aryl methyl sites for hydroxylation is 1. The van der Waals surface area contributed by atoms with Crippen LogP contribution in [-0.4, -0.2) is 60.0 Å². The molecule has 0 unspecified atom stereocenters. The van der Waals surface area contributed by atoms with Gasteiger partial charge in [0.15, 0.2) is 0 Å². The molecule has 1 aliphatic rings. The van der Waals surface area contributed by atoms with Gasteiger partial charge in [0.05, 0.1) is 36.9 Å². The molecule has 3 aromatic rings. The molecule has 0 aliphatic carbocycles. The molecule has 0 spiro atoms. The van der Waals surface area contributed by atoms with Crippen LogP contribution in [-0.2, 0) is 22.9 Å². The summed E-state index contributed by atoms with van der Waals surface area (Å²) in [6, 6.07) is 9.59. The minimum absolute atomic E-state index is 0.0173. The first-order chi connectivity index (χ1) is 14.7. The maximum absolute atomic E-state index is 12.9. The number of rotatable bonds is 8. The number of hydrogen-bond donors (Lipinski definition) is 2. The summed E-state index contributed by atoms with van der Waals surface area (Å²) in [7, 11) is 3.61. The van der Waals surface area contributed by atoms with Crippen molar-refractivity contribution in [3.8, 4) is 0 Å². The first kappa shape index (κ1) is 20.3. The number of amides is 1. The number of fused-ring (bicyclic) bond motifs is 1. The topological polar surface area (TPSA) is 90.3 Å². The van der Waals surface area contributed by atoms with Gasteiger partial charge in [-0.05, 0) is 42.3 Å². The molecule has 4 rings (SSSR count). The SMILES string of the molecule is COCCNc1nc2cc(C(=O)N[C@@H]3COC[C@H]3Cc3ccncc3)ccc2n1C. The molecule has 0 radical (unpaired) electrons. The van der Waals surface area contributed by atoms with E-state index in [9.17, 15) is 4.79 Å². The number of nitrogens with one attached hydrogen (secondary N) is 2. The van der Waals surface area contributed by atoms with Crippen molar-refractivity contribution >= 4 is 22.9 Å². The normalized spacial score (nSPS) is 18.6. The van der Waals surface area contributed by atoms with Crippen LogP contribution in [0, 0.1) is 5.92 Å². The Labute approximate surface area is 175 Å². The maximum atomic E-state index is 12.9. The molecular weight excluding hydrogens is 382 g/mol. The average molecular weight is 409 g/mol. The lowest BCUT2D eigenvalue weighted by atomic mass is 9.95. The van der Waals surface area contributed by atoms with Crippen LogP contribution in [0.25, 0.3) is 11.0 Å². The smallest absolute Gasteiger partial charge is 0.251 e. The van der Waals surface area contributed by atoms with Crippen LogP contribution in [0.5, 0.6) is 0 Å². The zero-order valence-electron chi connectivity index (χ0n) is 17.3. The molecule has 8 nitrogen and oxygen atoms in total. The van der Waals surface area contributed by atoms with Crippen molar-refractivity contribution < 1.29 is 14.3 Å². The van der Waals surface area contributed by atoms with Crippen molar-refractivity contribution in [3.63, 3.8) is 0 Å². The maximum Gasteiger partial charge on any atom is 0.251 e. The second-order valence-electron chi connectivity index (χ2n) is 7.55. The van der Waals surface area contributed by atoms with Gasteiger partial charge in [0, 0.05) is 44.6 Å². The summed E-state index contributed by atoms with van der Waals surface area (Å²) >= 11 is 0. The highest BCUT2D eigenvalue weighted by molar-refractivity contribution is 5.98. The summed E-state index contributed by atoms with van der Waals surface area (Å²) in [6.07, 6.45) is 4.43. The minimum atomic E-state index is -0.105. The Morgan fingerprint density at radius 2 is 2.10 bits per heavy atom. The van der Waals surface area contributed by atoms with Crippen LogP contribution in [0.15, 0.2) is 42.7 Å². The van der Waals surface area contributed by atoms with Gasteiger partial charge in [0.1, 0.15) is 0 Å². The first-order valence-electron chi connectivity index (χ1n) is 10.1. The molecule has 158 valence electrons. The predicted octanol–water partition coefficient (Wildman–Crippen LogP) is 2.01. The summed E-state index contributed by atoms with van der Waals surface area (Å²) in [5, 5.41) is 6.39. The third kappa shape index (κ3) is 4.44. The molecule has 0 bridgehead atoms. The highest BCUT2D eigenvalue weighted by atomic mass is 16.5. The van der Waals surface area contributed by atoms with Gasteiger partial charge in [-0.2, -0.15) is 0 Å². The molecule has 8 heteroatoms. The minimum Gasteiger partial charge on any atom is -0.383 e. The number of imidazole rings is 1. The van der Waals surface area contributed by atoms with Crippen LogP contribution in [0.2, 0.25) is 0 Å². The zero-order chi connectivity index (χ0) is 20.9. The molecule has 1 amide bonds. The number of aromatic nitrogens is 3. The van der Waals surface area contributed by atoms with Gasteiger partial charge >= 0.3 is 0 Å². The van der Waals surface area contributed by atoms with E-state index in [2.05, 4.69) is 20.6 Å². The van der Waals surface area contributed by atoms with Crippen molar-refractivity contribution in [2.45, 2.75) is 12.5 Å². The van der Waals surface area contributed by atoms with Crippen LogP contribution in [0.4, 0.5) is 5.95 Å². The van der Waals surface area contributed by atoms with Crippen molar-refractivity contribution in [3.05, 3.63) is 53.9 Å². The number of ether oxygens (including phenoxy) is 2. The van der Waals surface area contributed by atoms with E-state index in [1.807, 2.05) is 41.9 Å². The number of carbonyl (C=O) groups is 1. The Morgan fingerprint density at radius 3 is 2.90 bits per heavy atom.